The van der Waals surface area contributed by atoms with Gasteiger partial charge in [-0.2, -0.15) is 0 Å². The van der Waals surface area contributed by atoms with Gasteiger partial charge in [0.05, 0.1) is 18.3 Å². The van der Waals surface area contributed by atoms with E-state index in [4.69, 9.17) is 5.73 Å². The predicted molar refractivity (Wildman–Crippen MR) is 84.8 cm³/mol. The Bertz CT molecular complexity index is 440. The number of amides is 1. The van der Waals surface area contributed by atoms with Crippen molar-refractivity contribution in [2.24, 2.45) is 5.92 Å². The smallest absolute Gasteiger partial charge is 0.226 e. The summed E-state index contributed by atoms with van der Waals surface area (Å²) in [7, 11) is 0. The summed E-state index contributed by atoms with van der Waals surface area (Å²) in [5.41, 5.74) is 6.95. The minimum Gasteiger partial charge on any atom is -0.397 e. The number of pyridine rings is 1. The average molecular weight is 290 g/mol. The fourth-order valence-electron chi connectivity index (χ4n) is 2.70. The summed E-state index contributed by atoms with van der Waals surface area (Å²) in [6.45, 7) is 6.39. The van der Waals surface area contributed by atoms with Crippen molar-refractivity contribution in [3.63, 3.8) is 0 Å². The van der Waals surface area contributed by atoms with Crippen LogP contribution in [0, 0.1) is 5.92 Å². The molecule has 2 heterocycles. The summed E-state index contributed by atoms with van der Waals surface area (Å²) in [6.07, 6.45) is 5.87. The monoisotopic (exact) mass is 290 g/mol. The van der Waals surface area contributed by atoms with Gasteiger partial charge in [-0.05, 0) is 44.0 Å². The molecule has 1 unspecified atom stereocenters. The molecule has 0 aromatic carbocycles. The normalized spacial score (nSPS) is 17.4. The molecule has 0 radical (unpaired) electrons. The molecule has 116 valence electrons. The van der Waals surface area contributed by atoms with Crippen molar-refractivity contribution in [3.8, 4) is 0 Å². The van der Waals surface area contributed by atoms with Crippen LogP contribution in [-0.4, -0.2) is 42.0 Å². The zero-order valence-electron chi connectivity index (χ0n) is 12.8. The molecular weight excluding hydrogens is 264 g/mol. The molecule has 1 aromatic rings. The standard InChI is InChI=1S/C16H26N4O/c1-13(12-20-7-3-2-4-8-20)10-19-16(21)9-15-6-5-14(17)11-18-15/h5-6,11,13H,2-4,7-10,12,17H2,1H3,(H,19,21). The molecule has 1 aliphatic rings. The average Bonchev–Trinajstić information content (AvgIpc) is 2.49. The summed E-state index contributed by atoms with van der Waals surface area (Å²) in [5, 5.41) is 3.00. The van der Waals surface area contributed by atoms with Crippen LogP contribution < -0.4 is 11.1 Å². The van der Waals surface area contributed by atoms with Crippen LogP contribution in [-0.2, 0) is 11.2 Å². The van der Waals surface area contributed by atoms with E-state index in [0.717, 1.165) is 18.8 Å². The molecule has 0 spiro atoms. The second-order valence-electron chi connectivity index (χ2n) is 6.03. The van der Waals surface area contributed by atoms with Gasteiger partial charge in [0, 0.05) is 18.8 Å². The van der Waals surface area contributed by atoms with E-state index in [1.54, 1.807) is 18.3 Å². The van der Waals surface area contributed by atoms with E-state index in [-0.39, 0.29) is 5.91 Å². The van der Waals surface area contributed by atoms with Gasteiger partial charge in [-0.3, -0.25) is 9.78 Å². The zero-order chi connectivity index (χ0) is 15.1. The molecule has 0 saturated carbocycles. The molecule has 5 heteroatoms. The number of anilines is 1. The number of hydrogen-bond acceptors (Lipinski definition) is 4. The highest BCUT2D eigenvalue weighted by atomic mass is 16.1. The SMILES string of the molecule is CC(CNC(=O)Cc1ccc(N)cn1)CN1CCCCC1. The number of nitrogens with two attached hydrogens (primary N) is 1. The molecule has 21 heavy (non-hydrogen) atoms. The van der Waals surface area contributed by atoms with Crippen LogP contribution in [0.4, 0.5) is 5.69 Å². The maximum absolute atomic E-state index is 11.9. The number of carbonyl (C=O) groups excluding carboxylic acids is 1. The number of nitrogens with one attached hydrogen (secondary N) is 1. The number of aromatic nitrogens is 1. The Morgan fingerprint density at radius 3 is 2.81 bits per heavy atom. The Hall–Kier alpha value is -1.62. The van der Waals surface area contributed by atoms with Gasteiger partial charge in [-0.15, -0.1) is 0 Å². The molecule has 0 bridgehead atoms. The van der Waals surface area contributed by atoms with Crippen LogP contribution in [0.15, 0.2) is 18.3 Å². The molecule has 1 aromatic heterocycles. The summed E-state index contributed by atoms with van der Waals surface area (Å²) in [5.74, 6) is 0.504. The first kappa shape index (κ1) is 15.8. The molecule has 5 nitrogen and oxygen atoms in total. The lowest BCUT2D eigenvalue weighted by molar-refractivity contribution is -0.120. The van der Waals surface area contributed by atoms with Gasteiger partial charge >= 0.3 is 0 Å². The van der Waals surface area contributed by atoms with E-state index in [0.29, 0.717) is 18.0 Å². The van der Waals surface area contributed by atoms with Crippen molar-refractivity contribution in [2.45, 2.75) is 32.6 Å². The Morgan fingerprint density at radius 2 is 2.14 bits per heavy atom. The largest absolute Gasteiger partial charge is 0.397 e. The Morgan fingerprint density at radius 1 is 1.38 bits per heavy atom. The molecule has 1 amide bonds. The second-order valence-corrected chi connectivity index (χ2v) is 6.03. The van der Waals surface area contributed by atoms with E-state index in [1.165, 1.54) is 32.4 Å². The molecule has 2 rings (SSSR count). The lowest BCUT2D eigenvalue weighted by Crippen LogP contribution is -2.38. The van der Waals surface area contributed by atoms with E-state index < -0.39 is 0 Å². The van der Waals surface area contributed by atoms with Crippen LogP contribution in [0.5, 0.6) is 0 Å². The first-order valence-electron chi connectivity index (χ1n) is 7.83. The van der Waals surface area contributed by atoms with Gasteiger partial charge in [0.1, 0.15) is 0 Å². The van der Waals surface area contributed by atoms with Crippen molar-refractivity contribution >= 4 is 11.6 Å². The van der Waals surface area contributed by atoms with Gasteiger partial charge in [0.15, 0.2) is 0 Å². The molecule has 1 atom stereocenters. The van der Waals surface area contributed by atoms with Gasteiger partial charge in [-0.25, -0.2) is 0 Å². The first-order valence-corrected chi connectivity index (χ1v) is 7.83. The maximum Gasteiger partial charge on any atom is 0.226 e. The van der Waals surface area contributed by atoms with Gasteiger partial charge in [-0.1, -0.05) is 13.3 Å². The number of piperidine rings is 1. The van der Waals surface area contributed by atoms with E-state index >= 15 is 0 Å². The lowest BCUT2D eigenvalue weighted by atomic mass is 10.1. The summed E-state index contributed by atoms with van der Waals surface area (Å²) in [4.78, 5) is 18.5. The fraction of sp³-hybridized carbons (Fsp3) is 0.625. The summed E-state index contributed by atoms with van der Waals surface area (Å²) >= 11 is 0. The molecule has 1 aliphatic heterocycles. The number of likely N-dealkylation sites (tertiary alicyclic amines) is 1. The quantitative estimate of drug-likeness (QED) is 0.832. The second kappa shape index (κ2) is 7.98. The van der Waals surface area contributed by atoms with Crippen molar-refractivity contribution in [2.75, 3.05) is 31.9 Å². The Kier molecular flexibility index (Phi) is 5.99. The van der Waals surface area contributed by atoms with Gasteiger partial charge in [0.25, 0.3) is 0 Å². The van der Waals surface area contributed by atoms with Crippen LogP contribution >= 0.6 is 0 Å². The Labute approximate surface area is 126 Å². The molecular formula is C16H26N4O. The third-order valence-electron chi connectivity index (χ3n) is 3.86. The van der Waals surface area contributed by atoms with E-state index in [1.807, 2.05) is 0 Å². The molecule has 0 aliphatic carbocycles. The van der Waals surface area contributed by atoms with Crippen molar-refractivity contribution in [1.82, 2.24) is 15.2 Å². The number of nitrogens with zero attached hydrogens (tertiary/aromatic N) is 2. The summed E-state index contributed by atoms with van der Waals surface area (Å²) < 4.78 is 0. The van der Waals surface area contributed by atoms with Crippen molar-refractivity contribution in [3.05, 3.63) is 24.0 Å². The highest BCUT2D eigenvalue weighted by Gasteiger charge is 2.14. The highest BCUT2D eigenvalue weighted by molar-refractivity contribution is 5.78. The number of hydrogen-bond donors (Lipinski definition) is 2. The van der Waals surface area contributed by atoms with Gasteiger partial charge < -0.3 is 16.0 Å². The van der Waals surface area contributed by atoms with Crippen molar-refractivity contribution < 1.29 is 4.79 Å². The molecule has 1 fully saturated rings. The fourth-order valence-corrected chi connectivity index (χ4v) is 2.70. The van der Waals surface area contributed by atoms with E-state index in [2.05, 4.69) is 22.1 Å². The highest BCUT2D eigenvalue weighted by Crippen LogP contribution is 2.10. The third-order valence-corrected chi connectivity index (χ3v) is 3.86. The van der Waals surface area contributed by atoms with Crippen LogP contribution in [0.1, 0.15) is 31.9 Å². The number of rotatable bonds is 6. The minimum absolute atomic E-state index is 0.0257. The first-order chi connectivity index (χ1) is 10.1. The van der Waals surface area contributed by atoms with Crippen LogP contribution in [0.25, 0.3) is 0 Å². The topological polar surface area (TPSA) is 71.2 Å². The predicted octanol–water partition coefficient (Wildman–Crippen LogP) is 1.44. The van der Waals surface area contributed by atoms with Crippen LogP contribution in [0.2, 0.25) is 0 Å². The van der Waals surface area contributed by atoms with E-state index in [9.17, 15) is 4.79 Å². The molecule has 3 N–H and O–H groups in total. The lowest BCUT2D eigenvalue weighted by Gasteiger charge is -2.29. The van der Waals surface area contributed by atoms with Crippen LogP contribution in [0.3, 0.4) is 0 Å². The number of nitrogen functional groups attached to an aromatic ring is 1. The minimum atomic E-state index is 0.0257. The molecule has 1 saturated heterocycles. The maximum atomic E-state index is 11.9. The van der Waals surface area contributed by atoms with Crippen molar-refractivity contribution in [1.29, 1.82) is 0 Å². The van der Waals surface area contributed by atoms with Gasteiger partial charge in [0.2, 0.25) is 5.91 Å². The third kappa shape index (κ3) is 5.71. The summed E-state index contributed by atoms with van der Waals surface area (Å²) in [6, 6.07) is 3.57. The number of carbonyl (C=O) groups is 1. The Balaban J connectivity index is 1.66. The zero-order valence-corrected chi connectivity index (χ0v) is 12.8.